The van der Waals surface area contributed by atoms with Crippen molar-refractivity contribution < 1.29 is 5.11 Å². The first-order valence-electron chi connectivity index (χ1n) is 5.88. The first kappa shape index (κ1) is 12.9. The van der Waals surface area contributed by atoms with E-state index in [2.05, 4.69) is 10.4 Å². The summed E-state index contributed by atoms with van der Waals surface area (Å²) in [6.45, 7) is 2.84. The van der Waals surface area contributed by atoms with E-state index in [1.54, 1.807) is 6.20 Å². The van der Waals surface area contributed by atoms with Gasteiger partial charge in [0.2, 0.25) is 0 Å². The average molecular weight is 266 g/mol. The summed E-state index contributed by atoms with van der Waals surface area (Å²) in [6, 6.07) is 7.25. The Balaban J connectivity index is 2.14. The predicted molar refractivity (Wildman–Crippen MR) is 72.8 cm³/mol. The number of hydrogen-bond acceptors (Lipinski definition) is 3. The van der Waals surface area contributed by atoms with Crippen molar-refractivity contribution in [1.29, 1.82) is 0 Å². The van der Waals surface area contributed by atoms with Crippen molar-refractivity contribution in [3.8, 4) is 0 Å². The quantitative estimate of drug-likeness (QED) is 0.874. The van der Waals surface area contributed by atoms with Gasteiger partial charge in [0.1, 0.15) is 0 Å². The maximum Gasteiger partial charge on any atom is 0.0775 e. The number of aryl methyl sites for hydroxylation is 1. The molecule has 0 spiro atoms. The maximum absolute atomic E-state index is 9.46. The van der Waals surface area contributed by atoms with Crippen molar-refractivity contribution in [2.75, 3.05) is 11.9 Å². The van der Waals surface area contributed by atoms with E-state index in [1.165, 1.54) is 0 Å². The third-order valence-corrected chi connectivity index (χ3v) is 2.96. The average Bonchev–Trinajstić information content (AvgIpc) is 2.84. The fourth-order valence-electron chi connectivity index (χ4n) is 1.75. The Bertz CT molecular complexity index is 512. The van der Waals surface area contributed by atoms with Crippen LogP contribution in [0.5, 0.6) is 0 Å². The zero-order valence-electron chi connectivity index (χ0n) is 10.2. The van der Waals surface area contributed by atoms with Gasteiger partial charge in [-0.3, -0.25) is 4.68 Å². The molecule has 2 N–H and O–H groups in total. The Hall–Kier alpha value is -1.52. The second kappa shape index (κ2) is 5.89. The second-order valence-electron chi connectivity index (χ2n) is 4.02. The number of aliphatic hydroxyl groups excluding tert-OH is 1. The van der Waals surface area contributed by atoms with Crippen LogP contribution >= 0.6 is 11.6 Å². The highest BCUT2D eigenvalue weighted by Gasteiger charge is 2.12. The Morgan fingerprint density at radius 1 is 1.50 bits per heavy atom. The van der Waals surface area contributed by atoms with Crippen molar-refractivity contribution in [3.63, 3.8) is 0 Å². The van der Waals surface area contributed by atoms with Crippen LogP contribution in [0, 0.1) is 0 Å². The monoisotopic (exact) mass is 265 g/mol. The van der Waals surface area contributed by atoms with Crippen molar-refractivity contribution in [2.24, 2.45) is 0 Å². The molecule has 0 fully saturated rings. The van der Waals surface area contributed by atoms with Gasteiger partial charge in [0.15, 0.2) is 0 Å². The SMILES string of the molecule is CCn1cc(C(CO)Nc2cccc(Cl)c2)cn1. The smallest absolute Gasteiger partial charge is 0.0775 e. The molecule has 2 rings (SSSR count). The van der Waals surface area contributed by atoms with Crippen molar-refractivity contribution in [3.05, 3.63) is 47.2 Å². The number of anilines is 1. The van der Waals surface area contributed by atoms with Crippen LogP contribution in [0.4, 0.5) is 5.69 Å². The number of rotatable bonds is 5. The summed E-state index contributed by atoms with van der Waals surface area (Å²) in [5, 5.41) is 17.6. The van der Waals surface area contributed by atoms with Gasteiger partial charge in [-0.1, -0.05) is 17.7 Å². The number of benzene rings is 1. The zero-order valence-corrected chi connectivity index (χ0v) is 10.9. The molecule has 0 aliphatic heterocycles. The van der Waals surface area contributed by atoms with Gasteiger partial charge in [0.25, 0.3) is 0 Å². The lowest BCUT2D eigenvalue weighted by Gasteiger charge is -2.16. The first-order valence-corrected chi connectivity index (χ1v) is 6.26. The third kappa shape index (κ3) is 3.03. The molecule has 0 bridgehead atoms. The van der Waals surface area contributed by atoms with Gasteiger partial charge in [0, 0.05) is 29.0 Å². The molecule has 0 amide bonds. The normalized spacial score (nSPS) is 12.4. The molecule has 1 aromatic carbocycles. The van der Waals surface area contributed by atoms with Gasteiger partial charge >= 0.3 is 0 Å². The molecule has 0 aliphatic rings. The molecular formula is C13H16ClN3O. The molecule has 96 valence electrons. The molecule has 1 heterocycles. The van der Waals surface area contributed by atoms with Crippen molar-refractivity contribution in [2.45, 2.75) is 19.5 Å². The minimum Gasteiger partial charge on any atom is -0.394 e. The summed E-state index contributed by atoms with van der Waals surface area (Å²) in [4.78, 5) is 0. The predicted octanol–water partition coefficient (Wildman–Crippen LogP) is 2.70. The summed E-state index contributed by atoms with van der Waals surface area (Å²) in [5.74, 6) is 0. The van der Waals surface area contributed by atoms with Crippen LogP contribution in [-0.2, 0) is 6.54 Å². The molecule has 0 aliphatic carbocycles. The number of nitrogens with one attached hydrogen (secondary N) is 1. The number of nitrogens with zero attached hydrogens (tertiary/aromatic N) is 2. The molecule has 2 aromatic rings. The van der Waals surface area contributed by atoms with Gasteiger partial charge in [-0.05, 0) is 25.1 Å². The fourth-order valence-corrected chi connectivity index (χ4v) is 1.94. The van der Waals surface area contributed by atoms with Crippen molar-refractivity contribution in [1.82, 2.24) is 9.78 Å². The van der Waals surface area contributed by atoms with E-state index in [4.69, 9.17) is 11.6 Å². The van der Waals surface area contributed by atoms with E-state index in [0.717, 1.165) is 17.8 Å². The van der Waals surface area contributed by atoms with Crippen molar-refractivity contribution >= 4 is 17.3 Å². The molecule has 0 radical (unpaired) electrons. The molecule has 4 nitrogen and oxygen atoms in total. The van der Waals surface area contributed by atoms with E-state index in [9.17, 15) is 5.11 Å². The van der Waals surface area contributed by atoms with E-state index >= 15 is 0 Å². The van der Waals surface area contributed by atoms with Crippen LogP contribution in [0.1, 0.15) is 18.5 Å². The Morgan fingerprint density at radius 3 is 2.94 bits per heavy atom. The second-order valence-corrected chi connectivity index (χ2v) is 4.46. The Kier molecular flexibility index (Phi) is 4.23. The van der Waals surface area contributed by atoms with Gasteiger partial charge in [-0.2, -0.15) is 5.10 Å². The number of hydrogen-bond donors (Lipinski definition) is 2. The third-order valence-electron chi connectivity index (χ3n) is 2.73. The van der Waals surface area contributed by atoms with Gasteiger partial charge in [-0.25, -0.2) is 0 Å². The van der Waals surface area contributed by atoms with E-state index < -0.39 is 0 Å². The Labute approximate surface area is 111 Å². The topological polar surface area (TPSA) is 50.1 Å². The fraction of sp³-hybridized carbons (Fsp3) is 0.308. The molecule has 0 saturated carbocycles. The lowest BCUT2D eigenvalue weighted by molar-refractivity contribution is 0.276. The van der Waals surface area contributed by atoms with Gasteiger partial charge < -0.3 is 10.4 Å². The highest BCUT2D eigenvalue weighted by molar-refractivity contribution is 6.30. The molecule has 1 aromatic heterocycles. The lowest BCUT2D eigenvalue weighted by atomic mass is 10.1. The van der Waals surface area contributed by atoms with E-state index in [-0.39, 0.29) is 12.6 Å². The van der Waals surface area contributed by atoms with E-state index in [0.29, 0.717) is 5.02 Å². The number of aliphatic hydroxyl groups is 1. The lowest BCUT2D eigenvalue weighted by Crippen LogP contribution is -2.14. The van der Waals surface area contributed by atoms with Crippen LogP contribution in [0.15, 0.2) is 36.7 Å². The molecule has 1 atom stereocenters. The van der Waals surface area contributed by atoms with Crippen LogP contribution in [-0.4, -0.2) is 21.5 Å². The highest BCUT2D eigenvalue weighted by Crippen LogP contribution is 2.21. The van der Waals surface area contributed by atoms with Crippen LogP contribution in [0.25, 0.3) is 0 Å². The van der Waals surface area contributed by atoms with Crippen LogP contribution in [0.2, 0.25) is 5.02 Å². The van der Waals surface area contributed by atoms with Gasteiger partial charge in [-0.15, -0.1) is 0 Å². The zero-order chi connectivity index (χ0) is 13.0. The number of aromatic nitrogens is 2. The Morgan fingerprint density at radius 2 is 2.33 bits per heavy atom. The van der Waals surface area contributed by atoms with Crippen LogP contribution < -0.4 is 5.32 Å². The molecule has 5 heteroatoms. The summed E-state index contributed by atoms with van der Waals surface area (Å²) in [6.07, 6.45) is 3.69. The molecule has 18 heavy (non-hydrogen) atoms. The standard InChI is InChI=1S/C13H16ClN3O/c1-2-17-8-10(7-15-17)13(9-18)16-12-5-3-4-11(14)6-12/h3-8,13,16,18H,2,9H2,1H3. The summed E-state index contributed by atoms with van der Waals surface area (Å²) >= 11 is 5.93. The first-order chi connectivity index (χ1) is 8.72. The molecule has 1 unspecified atom stereocenters. The minimum absolute atomic E-state index is 0.00191. The van der Waals surface area contributed by atoms with E-state index in [1.807, 2.05) is 42.1 Å². The van der Waals surface area contributed by atoms with Crippen LogP contribution in [0.3, 0.4) is 0 Å². The number of halogens is 1. The summed E-state index contributed by atoms with van der Waals surface area (Å²) in [5.41, 5.74) is 1.84. The molecule has 0 saturated heterocycles. The largest absolute Gasteiger partial charge is 0.394 e. The van der Waals surface area contributed by atoms with Gasteiger partial charge in [0.05, 0.1) is 18.8 Å². The maximum atomic E-state index is 9.46. The summed E-state index contributed by atoms with van der Waals surface area (Å²) < 4.78 is 1.83. The molecular weight excluding hydrogens is 250 g/mol. The highest BCUT2D eigenvalue weighted by atomic mass is 35.5. The summed E-state index contributed by atoms with van der Waals surface area (Å²) in [7, 11) is 0. The minimum atomic E-state index is -0.177.